The highest BCUT2D eigenvalue weighted by Crippen LogP contribution is 2.13. The van der Waals surface area contributed by atoms with Crippen molar-refractivity contribution in [2.75, 3.05) is 5.73 Å². The number of anilines is 1. The smallest absolute Gasteiger partial charge is 0.219 e. The molecule has 0 saturated carbocycles. The van der Waals surface area contributed by atoms with Gasteiger partial charge >= 0.3 is 0 Å². The van der Waals surface area contributed by atoms with Crippen LogP contribution in [0.25, 0.3) is 0 Å². The van der Waals surface area contributed by atoms with Gasteiger partial charge in [-0.15, -0.1) is 10.2 Å². The Bertz CT molecular complexity index is 245. The van der Waals surface area contributed by atoms with Gasteiger partial charge < -0.3 is 15.5 Å². The van der Waals surface area contributed by atoms with Gasteiger partial charge in [-0.1, -0.05) is 0 Å². The summed E-state index contributed by atoms with van der Waals surface area (Å²) in [5, 5.41) is 7.45. The van der Waals surface area contributed by atoms with E-state index < -0.39 is 0 Å². The second kappa shape index (κ2) is 3.53. The molecule has 0 bridgehead atoms. The van der Waals surface area contributed by atoms with Crippen molar-refractivity contribution >= 4 is 5.95 Å². The van der Waals surface area contributed by atoms with Crippen molar-refractivity contribution in [2.24, 2.45) is 0 Å². The fraction of sp³-hybridized carbons (Fsp3) is 0.714. The second-order valence-electron chi connectivity index (χ2n) is 2.92. The summed E-state index contributed by atoms with van der Waals surface area (Å²) in [5.41, 5.74) is 5.36. The average Bonchev–Trinajstić information content (AvgIpc) is 2.34. The number of ether oxygens (including phenoxy) is 1. The maximum Gasteiger partial charge on any atom is 0.219 e. The molecule has 5 heteroatoms. The Morgan fingerprint density at radius 3 is 2.42 bits per heavy atom. The van der Waals surface area contributed by atoms with Crippen molar-refractivity contribution in [2.45, 2.75) is 33.0 Å². The minimum absolute atomic E-state index is 0.0881. The number of hydrogen-bond acceptors (Lipinski definition) is 4. The van der Waals surface area contributed by atoms with Gasteiger partial charge in [-0.3, -0.25) is 0 Å². The van der Waals surface area contributed by atoms with E-state index >= 15 is 0 Å². The van der Waals surface area contributed by atoms with Crippen LogP contribution in [0.1, 0.15) is 32.7 Å². The molecule has 3 N–H and O–H groups in total. The number of nitrogens with one attached hydrogen (secondary N) is 1. The Morgan fingerprint density at radius 1 is 1.33 bits per heavy atom. The Labute approximate surface area is 71.3 Å². The number of nitrogen functional groups attached to an aromatic ring is 1. The van der Waals surface area contributed by atoms with Gasteiger partial charge in [0.25, 0.3) is 0 Å². The zero-order valence-corrected chi connectivity index (χ0v) is 7.53. The molecule has 0 aliphatic carbocycles. The van der Waals surface area contributed by atoms with E-state index in [1.807, 2.05) is 20.8 Å². The van der Waals surface area contributed by atoms with Crippen LogP contribution in [-0.2, 0) is 4.74 Å². The maximum absolute atomic E-state index is 5.46. The van der Waals surface area contributed by atoms with Crippen LogP contribution in [0.5, 0.6) is 0 Å². The number of aromatic amines is 1. The molecule has 0 aliphatic rings. The highest BCUT2D eigenvalue weighted by atomic mass is 16.5. The highest BCUT2D eigenvalue weighted by Gasteiger charge is 2.11. The van der Waals surface area contributed by atoms with Gasteiger partial charge in [0.2, 0.25) is 5.95 Å². The number of H-pyrrole nitrogens is 1. The zero-order chi connectivity index (χ0) is 9.14. The molecule has 68 valence electrons. The van der Waals surface area contributed by atoms with Gasteiger partial charge in [-0.25, -0.2) is 0 Å². The van der Waals surface area contributed by atoms with Crippen LogP contribution in [0.2, 0.25) is 0 Å². The van der Waals surface area contributed by atoms with Crippen LogP contribution >= 0.6 is 0 Å². The normalized spacial score (nSPS) is 13.7. The van der Waals surface area contributed by atoms with E-state index in [1.165, 1.54) is 0 Å². The number of nitrogens with two attached hydrogens (primary N) is 1. The van der Waals surface area contributed by atoms with Crippen molar-refractivity contribution in [1.82, 2.24) is 15.2 Å². The lowest BCUT2D eigenvalue weighted by molar-refractivity contribution is 0.0131. The first-order valence-corrected chi connectivity index (χ1v) is 3.93. The SMILES string of the molecule is CC(C)O[C@@H](C)c1nnc(N)[nH]1. The molecule has 0 fully saturated rings. The first kappa shape index (κ1) is 8.99. The van der Waals surface area contributed by atoms with Crippen LogP contribution in [0.3, 0.4) is 0 Å². The Kier molecular flexibility index (Phi) is 2.65. The predicted octanol–water partition coefficient (Wildman–Crippen LogP) is 0.873. The molecule has 1 aromatic heterocycles. The van der Waals surface area contributed by atoms with Crippen molar-refractivity contribution in [3.63, 3.8) is 0 Å². The first-order chi connectivity index (χ1) is 5.59. The van der Waals surface area contributed by atoms with E-state index in [4.69, 9.17) is 10.5 Å². The predicted molar refractivity (Wildman–Crippen MR) is 45.4 cm³/mol. The molecule has 1 rings (SSSR count). The molecule has 1 atom stereocenters. The van der Waals surface area contributed by atoms with E-state index in [1.54, 1.807) is 0 Å². The third-order valence-corrected chi connectivity index (χ3v) is 1.38. The van der Waals surface area contributed by atoms with Gasteiger partial charge in [-0.05, 0) is 20.8 Å². The lowest BCUT2D eigenvalue weighted by atomic mass is 10.3. The maximum atomic E-state index is 5.46. The van der Waals surface area contributed by atoms with E-state index in [2.05, 4.69) is 15.2 Å². The lowest BCUT2D eigenvalue weighted by Gasteiger charge is -2.12. The summed E-state index contributed by atoms with van der Waals surface area (Å²) in [6.07, 6.45) is 0.0844. The standard InChI is InChI=1S/C7H14N4O/c1-4(2)12-5(3)6-9-7(8)11-10-6/h4-5H,1-3H3,(H3,8,9,10,11)/t5-/m0/s1. The van der Waals surface area contributed by atoms with E-state index in [0.717, 1.165) is 0 Å². The molecular weight excluding hydrogens is 156 g/mol. The summed E-state index contributed by atoms with van der Waals surface area (Å²) in [6, 6.07) is 0. The molecule has 1 heterocycles. The van der Waals surface area contributed by atoms with E-state index in [0.29, 0.717) is 11.8 Å². The summed E-state index contributed by atoms with van der Waals surface area (Å²) < 4.78 is 5.46. The first-order valence-electron chi connectivity index (χ1n) is 3.93. The summed E-state index contributed by atoms with van der Waals surface area (Å²) >= 11 is 0. The van der Waals surface area contributed by atoms with Crippen molar-refractivity contribution < 1.29 is 4.74 Å². The van der Waals surface area contributed by atoms with E-state index in [9.17, 15) is 0 Å². The van der Waals surface area contributed by atoms with Crippen LogP contribution in [0.4, 0.5) is 5.95 Å². The second-order valence-corrected chi connectivity index (χ2v) is 2.92. The van der Waals surface area contributed by atoms with Gasteiger partial charge in [0, 0.05) is 0 Å². The summed E-state index contributed by atoms with van der Waals surface area (Å²) in [7, 11) is 0. The molecule has 0 aromatic carbocycles. The Morgan fingerprint density at radius 2 is 2.00 bits per heavy atom. The zero-order valence-electron chi connectivity index (χ0n) is 7.53. The molecule has 0 aliphatic heterocycles. The molecule has 1 aromatic rings. The highest BCUT2D eigenvalue weighted by molar-refractivity contribution is 5.13. The average molecular weight is 170 g/mol. The number of nitrogens with zero attached hydrogens (tertiary/aromatic N) is 2. The van der Waals surface area contributed by atoms with Gasteiger partial charge in [-0.2, -0.15) is 0 Å². The van der Waals surface area contributed by atoms with Crippen LogP contribution < -0.4 is 5.73 Å². The Hall–Kier alpha value is -1.10. The number of rotatable bonds is 3. The fourth-order valence-electron chi connectivity index (χ4n) is 0.945. The molecule has 0 unspecified atom stereocenters. The number of hydrogen-bond donors (Lipinski definition) is 2. The largest absolute Gasteiger partial charge is 0.368 e. The van der Waals surface area contributed by atoms with Gasteiger partial charge in [0.05, 0.1) is 6.10 Å². The lowest BCUT2D eigenvalue weighted by Crippen LogP contribution is -2.08. The Balaban J connectivity index is 2.58. The molecule has 0 radical (unpaired) electrons. The number of aromatic nitrogens is 3. The molecule has 0 spiro atoms. The molecule has 0 amide bonds. The van der Waals surface area contributed by atoms with Crippen molar-refractivity contribution in [3.05, 3.63) is 5.82 Å². The summed E-state index contributed by atoms with van der Waals surface area (Å²) in [4.78, 5) is 2.81. The summed E-state index contributed by atoms with van der Waals surface area (Å²) in [5.74, 6) is 0.991. The quantitative estimate of drug-likeness (QED) is 0.705. The van der Waals surface area contributed by atoms with Crippen molar-refractivity contribution in [3.8, 4) is 0 Å². The molecule has 5 nitrogen and oxygen atoms in total. The minimum Gasteiger partial charge on any atom is -0.368 e. The van der Waals surface area contributed by atoms with Crippen LogP contribution in [0, 0.1) is 0 Å². The van der Waals surface area contributed by atoms with Crippen molar-refractivity contribution in [1.29, 1.82) is 0 Å². The fourth-order valence-corrected chi connectivity index (χ4v) is 0.945. The van der Waals surface area contributed by atoms with Gasteiger partial charge in [0.15, 0.2) is 5.82 Å². The molecule has 12 heavy (non-hydrogen) atoms. The molecule has 0 saturated heterocycles. The molecular formula is C7H14N4O. The monoisotopic (exact) mass is 170 g/mol. The third-order valence-electron chi connectivity index (χ3n) is 1.38. The van der Waals surface area contributed by atoms with Gasteiger partial charge in [0.1, 0.15) is 6.10 Å². The topological polar surface area (TPSA) is 76.8 Å². The third kappa shape index (κ3) is 2.20. The van der Waals surface area contributed by atoms with E-state index in [-0.39, 0.29) is 12.2 Å². The van der Waals surface area contributed by atoms with Crippen LogP contribution in [0.15, 0.2) is 0 Å². The van der Waals surface area contributed by atoms with Crippen LogP contribution in [-0.4, -0.2) is 21.3 Å². The summed E-state index contributed by atoms with van der Waals surface area (Å²) in [6.45, 7) is 5.84. The minimum atomic E-state index is -0.0881.